The Hall–Kier alpha value is -1.30. The highest BCUT2D eigenvalue weighted by atomic mass is 14.2. The molecule has 114 valence electrons. The second-order valence-corrected chi connectivity index (χ2v) is 4.77. The predicted molar refractivity (Wildman–Crippen MR) is 95.3 cm³/mol. The third-order valence-corrected chi connectivity index (χ3v) is 2.75. The van der Waals surface area contributed by atoms with Gasteiger partial charge in [-0.05, 0) is 43.2 Å². The second-order valence-electron chi connectivity index (χ2n) is 4.77. The van der Waals surface area contributed by atoms with Crippen molar-refractivity contribution >= 4 is 0 Å². The fourth-order valence-corrected chi connectivity index (χ4v) is 1.98. The molecular weight excluding hydrogens is 240 g/mol. The number of fused-ring (bicyclic) bond motifs is 1. The first-order valence-electron chi connectivity index (χ1n) is 7.94. The van der Waals surface area contributed by atoms with E-state index >= 15 is 0 Å². The van der Waals surface area contributed by atoms with E-state index in [0.29, 0.717) is 0 Å². The molecule has 0 unspecified atom stereocenters. The lowest BCUT2D eigenvalue weighted by atomic mass is 10.1. The van der Waals surface area contributed by atoms with Gasteiger partial charge in [-0.15, -0.1) is 13.2 Å². The number of allylic oxidation sites excluding steroid dienone is 2. The molecule has 1 aromatic carbocycles. The average Bonchev–Trinajstić information content (AvgIpc) is 2.83. The molecule has 0 aliphatic heterocycles. The molecule has 1 aromatic rings. The van der Waals surface area contributed by atoms with E-state index in [2.05, 4.69) is 51.3 Å². The van der Waals surface area contributed by atoms with Crippen LogP contribution in [0.1, 0.15) is 58.6 Å². The molecule has 0 heteroatoms. The van der Waals surface area contributed by atoms with Gasteiger partial charge < -0.3 is 0 Å². The molecule has 0 nitrogen and oxygen atoms in total. The number of unbranched alkanes of at least 4 members (excludes halogenated alkanes) is 1. The van der Waals surface area contributed by atoms with E-state index in [-0.39, 0.29) is 0 Å². The van der Waals surface area contributed by atoms with E-state index in [4.69, 9.17) is 0 Å². The molecule has 0 aromatic heterocycles. The molecule has 0 N–H and O–H groups in total. The van der Waals surface area contributed by atoms with E-state index in [1.165, 1.54) is 19.3 Å². The third-order valence-electron chi connectivity index (χ3n) is 2.75. The van der Waals surface area contributed by atoms with E-state index in [1.807, 2.05) is 26.8 Å². The van der Waals surface area contributed by atoms with E-state index in [1.54, 1.807) is 17.2 Å². The minimum absolute atomic E-state index is 0.873. The summed E-state index contributed by atoms with van der Waals surface area (Å²) < 4.78 is 0. The Morgan fingerprint density at radius 1 is 1.10 bits per heavy atom. The van der Waals surface area contributed by atoms with Crippen molar-refractivity contribution in [3.63, 3.8) is 0 Å². The van der Waals surface area contributed by atoms with Crippen LogP contribution in [0.4, 0.5) is 0 Å². The zero-order chi connectivity index (χ0) is 15.8. The van der Waals surface area contributed by atoms with Crippen molar-refractivity contribution in [1.82, 2.24) is 0 Å². The van der Waals surface area contributed by atoms with Gasteiger partial charge >= 0.3 is 0 Å². The molecule has 1 aliphatic rings. The Bertz CT molecular complexity index is 311. The van der Waals surface area contributed by atoms with Crippen LogP contribution in [0.5, 0.6) is 0 Å². The topological polar surface area (TPSA) is 0 Å². The maximum absolute atomic E-state index is 3.55. The van der Waals surface area contributed by atoms with Crippen LogP contribution < -0.4 is 0 Å². The van der Waals surface area contributed by atoms with Crippen LogP contribution in [-0.4, -0.2) is 0 Å². The van der Waals surface area contributed by atoms with Gasteiger partial charge in [0.25, 0.3) is 0 Å². The number of benzene rings is 1. The van der Waals surface area contributed by atoms with Gasteiger partial charge in [0.1, 0.15) is 0 Å². The van der Waals surface area contributed by atoms with Crippen molar-refractivity contribution in [2.24, 2.45) is 5.92 Å². The summed E-state index contributed by atoms with van der Waals surface area (Å²) in [7, 11) is 0. The Balaban J connectivity index is 0. The predicted octanol–water partition coefficient (Wildman–Crippen LogP) is 6.61. The molecule has 0 amide bonds. The number of rotatable bonds is 2. The zero-order valence-corrected chi connectivity index (χ0v) is 14.3. The SMILES string of the molecule is C=CC.C=CCCC.CC.CC1Cc2ccccc2C1. The van der Waals surface area contributed by atoms with Crippen molar-refractivity contribution in [1.29, 1.82) is 0 Å². The highest BCUT2D eigenvalue weighted by Crippen LogP contribution is 2.25. The van der Waals surface area contributed by atoms with Gasteiger partial charge in [0, 0.05) is 0 Å². The standard InChI is InChI=1S/C10H12.C5H10.C3H6.C2H6/c1-8-6-9-4-2-3-5-10(9)7-8;1-3-5-4-2;1-3-2;1-2/h2-5,8H,6-7H2,1H3;3H,1,4-5H2,2H3;3H,1H2,2H3;1-2H3. The summed E-state index contributed by atoms with van der Waals surface area (Å²) in [5, 5.41) is 0. The van der Waals surface area contributed by atoms with Crippen LogP contribution in [0, 0.1) is 5.92 Å². The molecule has 0 fully saturated rings. The summed E-state index contributed by atoms with van der Waals surface area (Å²) in [4.78, 5) is 0. The molecule has 1 aliphatic carbocycles. The molecule has 20 heavy (non-hydrogen) atoms. The van der Waals surface area contributed by atoms with E-state index in [9.17, 15) is 0 Å². The van der Waals surface area contributed by atoms with Gasteiger partial charge in [0.2, 0.25) is 0 Å². The molecule has 0 atom stereocenters. The van der Waals surface area contributed by atoms with Gasteiger partial charge in [-0.1, -0.05) is 70.5 Å². The largest absolute Gasteiger partial charge is 0.103 e. The minimum atomic E-state index is 0.873. The van der Waals surface area contributed by atoms with Gasteiger partial charge in [0.15, 0.2) is 0 Å². The maximum atomic E-state index is 3.55. The third kappa shape index (κ3) is 10.6. The highest BCUT2D eigenvalue weighted by molar-refractivity contribution is 5.31. The highest BCUT2D eigenvalue weighted by Gasteiger charge is 2.15. The average molecular weight is 274 g/mol. The van der Waals surface area contributed by atoms with Crippen LogP contribution in [0.2, 0.25) is 0 Å². The molecule has 0 spiro atoms. The van der Waals surface area contributed by atoms with Crippen molar-refractivity contribution in [3.05, 3.63) is 60.7 Å². The van der Waals surface area contributed by atoms with Gasteiger partial charge in [0.05, 0.1) is 0 Å². The summed E-state index contributed by atoms with van der Waals surface area (Å²) in [6, 6.07) is 8.77. The van der Waals surface area contributed by atoms with Crippen LogP contribution in [0.25, 0.3) is 0 Å². The Labute approximate surface area is 127 Å². The van der Waals surface area contributed by atoms with Crippen molar-refractivity contribution in [3.8, 4) is 0 Å². The summed E-state index contributed by atoms with van der Waals surface area (Å²) >= 11 is 0. The summed E-state index contributed by atoms with van der Waals surface area (Å²) in [5.74, 6) is 0.873. The summed E-state index contributed by atoms with van der Waals surface area (Å²) in [6.07, 6.45) is 8.63. The molecular formula is C20H34. The Morgan fingerprint density at radius 2 is 1.50 bits per heavy atom. The summed E-state index contributed by atoms with van der Waals surface area (Å²) in [6.45, 7) is 17.3. The normalized spacial score (nSPS) is 11.4. The molecule has 0 saturated carbocycles. The van der Waals surface area contributed by atoms with Gasteiger partial charge in [-0.2, -0.15) is 0 Å². The van der Waals surface area contributed by atoms with Crippen LogP contribution in [-0.2, 0) is 12.8 Å². The monoisotopic (exact) mass is 274 g/mol. The first-order chi connectivity index (χ1) is 9.69. The van der Waals surface area contributed by atoms with Crippen molar-refractivity contribution < 1.29 is 0 Å². The molecule has 0 radical (unpaired) electrons. The Morgan fingerprint density at radius 3 is 1.75 bits per heavy atom. The van der Waals surface area contributed by atoms with Crippen LogP contribution in [0.3, 0.4) is 0 Å². The fourth-order valence-electron chi connectivity index (χ4n) is 1.98. The Kier molecular flexibility index (Phi) is 16.5. The van der Waals surface area contributed by atoms with Crippen molar-refractivity contribution in [2.75, 3.05) is 0 Å². The lowest BCUT2D eigenvalue weighted by Crippen LogP contribution is -1.89. The minimum Gasteiger partial charge on any atom is -0.103 e. The number of hydrogen-bond acceptors (Lipinski definition) is 0. The zero-order valence-electron chi connectivity index (χ0n) is 14.3. The van der Waals surface area contributed by atoms with Crippen LogP contribution in [0.15, 0.2) is 49.6 Å². The smallest absolute Gasteiger partial charge is 0.0247 e. The maximum Gasteiger partial charge on any atom is -0.0247 e. The molecule has 2 rings (SSSR count). The van der Waals surface area contributed by atoms with Gasteiger partial charge in [-0.3, -0.25) is 0 Å². The lowest BCUT2D eigenvalue weighted by Gasteiger charge is -1.93. The van der Waals surface area contributed by atoms with Gasteiger partial charge in [-0.25, -0.2) is 0 Å². The quantitative estimate of drug-likeness (QED) is 0.532. The number of hydrogen-bond donors (Lipinski definition) is 0. The van der Waals surface area contributed by atoms with E-state index in [0.717, 1.165) is 12.3 Å². The first kappa shape index (κ1) is 21.0. The van der Waals surface area contributed by atoms with E-state index < -0.39 is 0 Å². The summed E-state index contributed by atoms with van der Waals surface area (Å²) in [5.41, 5.74) is 3.13. The van der Waals surface area contributed by atoms with Crippen LogP contribution >= 0.6 is 0 Å². The first-order valence-corrected chi connectivity index (χ1v) is 7.94. The van der Waals surface area contributed by atoms with Crippen molar-refractivity contribution in [2.45, 2.75) is 60.3 Å². The second kappa shape index (κ2) is 15.8. The molecule has 0 saturated heterocycles. The molecule has 0 heterocycles. The lowest BCUT2D eigenvalue weighted by molar-refractivity contribution is 0.628. The fraction of sp³-hybridized carbons (Fsp3) is 0.500. The molecule has 0 bridgehead atoms.